The number of rotatable bonds is 8. The van der Waals surface area contributed by atoms with E-state index in [1.165, 1.54) is 26.4 Å². The maximum absolute atomic E-state index is 13.2. The van der Waals surface area contributed by atoms with E-state index in [9.17, 15) is 9.90 Å². The van der Waals surface area contributed by atoms with Gasteiger partial charge in [0.15, 0.2) is 11.5 Å². The number of pyridine rings is 1. The number of nitrogens with zero attached hydrogens (tertiary/aromatic N) is 3. The van der Waals surface area contributed by atoms with E-state index in [0.29, 0.717) is 44.6 Å². The highest BCUT2D eigenvalue weighted by Crippen LogP contribution is 2.27. The van der Waals surface area contributed by atoms with Gasteiger partial charge in [-0.25, -0.2) is 0 Å². The van der Waals surface area contributed by atoms with E-state index in [4.69, 9.17) is 9.47 Å². The van der Waals surface area contributed by atoms with Crippen LogP contribution in [0.5, 0.6) is 11.5 Å². The van der Waals surface area contributed by atoms with Gasteiger partial charge in [0.2, 0.25) is 5.91 Å². The smallest absolute Gasteiger partial charge is 0.237 e. The maximum atomic E-state index is 13.2. The van der Waals surface area contributed by atoms with E-state index < -0.39 is 0 Å². The largest absolute Gasteiger partial charge is 0.504 e. The molecule has 1 saturated carbocycles. The minimum Gasteiger partial charge on any atom is -0.504 e. The molecule has 4 rings (SSSR count). The standard InChI is InChI=1S/C27H35N3O4/c1-33-26-16-21(9-10-25(26)31)6-5-15-29-17-24(34-20-22-11-13-28-14-12-22)18-30(27(32)19-29)23-7-3-2-4-8-23/h5-6,9-14,16,23-24,31H,2-4,7-8,15,17-20H2,1H3. The van der Waals surface area contributed by atoms with Crippen molar-refractivity contribution < 1.29 is 19.4 Å². The lowest BCUT2D eigenvalue weighted by Crippen LogP contribution is -2.45. The Bertz CT molecular complexity index is 960. The van der Waals surface area contributed by atoms with Gasteiger partial charge in [0.1, 0.15) is 0 Å². The molecule has 1 saturated heterocycles. The van der Waals surface area contributed by atoms with Gasteiger partial charge < -0.3 is 19.5 Å². The second kappa shape index (κ2) is 12.0. The third-order valence-electron chi connectivity index (χ3n) is 6.67. The molecule has 1 aliphatic heterocycles. The van der Waals surface area contributed by atoms with Crippen LogP contribution in [0.4, 0.5) is 0 Å². The molecule has 0 spiro atoms. The fraction of sp³-hybridized carbons (Fsp3) is 0.481. The molecule has 1 amide bonds. The molecule has 2 heterocycles. The molecule has 1 aliphatic carbocycles. The number of phenolic OH excluding ortho intramolecular Hbond substituents is 1. The fourth-order valence-corrected chi connectivity index (χ4v) is 4.83. The first-order valence-electron chi connectivity index (χ1n) is 12.2. The molecule has 2 aromatic rings. The van der Waals surface area contributed by atoms with Crippen molar-refractivity contribution in [1.29, 1.82) is 0 Å². The van der Waals surface area contributed by atoms with Crippen LogP contribution in [0.2, 0.25) is 0 Å². The number of carbonyl (C=O) groups is 1. The predicted octanol–water partition coefficient (Wildman–Crippen LogP) is 3.87. The summed E-state index contributed by atoms with van der Waals surface area (Å²) in [4.78, 5) is 21.6. The summed E-state index contributed by atoms with van der Waals surface area (Å²) in [6, 6.07) is 9.52. The number of hydrogen-bond donors (Lipinski definition) is 1. The third-order valence-corrected chi connectivity index (χ3v) is 6.67. The summed E-state index contributed by atoms with van der Waals surface area (Å²) < 4.78 is 11.5. The molecule has 2 aliphatic rings. The number of amides is 1. The third kappa shape index (κ3) is 6.58. The van der Waals surface area contributed by atoms with Crippen LogP contribution in [0.25, 0.3) is 6.08 Å². The quantitative estimate of drug-likeness (QED) is 0.638. The summed E-state index contributed by atoms with van der Waals surface area (Å²) in [6.07, 6.45) is 13.4. The Balaban J connectivity index is 1.43. The number of methoxy groups -OCH3 is 1. The van der Waals surface area contributed by atoms with Crippen LogP contribution < -0.4 is 4.74 Å². The normalized spacial score (nSPS) is 20.6. The van der Waals surface area contributed by atoms with Crippen LogP contribution in [0.15, 0.2) is 48.8 Å². The molecule has 0 bridgehead atoms. The molecule has 182 valence electrons. The first kappa shape index (κ1) is 24.2. The van der Waals surface area contributed by atoms with Gasteiger partial charge in [-0.15, -0.1) is 0 Å². The van der Waals surface area contributed by atoms with E-state index in [2.05, 4.69) is 20.9 Å². The highest BCUT2D eigenvalue weighted by molar-refractivity contribution is 5.79. The number of benzene rings is 1. The molecular weight excluding hydrogens is 430 g/mol. The summed E-state index contributed by atoms with van der Waals surface area (Å²) in [5.41, 5.74) is 2.02. The predicted molar refractivity (Wildman–Crippen MR) is 132 cm³/mol. The van der Waals surface area contributed by atoms with Crippen molar-refractivity contribution in [3.63, 3.8) is 0 Å². The first-order valence-corrected chi connectivity index (χ1v) is 12.2. The number of ether oxygens (including phenoxy) is 2. The highest BCUT2D eigenvalue weighted by Gasteiger charge is 2.32. The number of phenols is 1. The topological polar surface area (TPSA) is 75.1 Å². The van der Waals surface area contributed by atoms with Crippen molar-refractivity contribution in [2.45, 2.75) is 50.9 Å². The number of aromatic hydroxyl groups is 1. The van der Waals surface area contributed by atoms with Gasteiger partial charge in [-0.3, -0.25) is 14.7 Å². The van der Waals surface area contributed by atoms with Crippen molar-refractivity contribution in [2.24, 2.45) is 0 Å². The van der Waals surface area contributed by atoms with Crippen LogP contribution in [-0.4, -0.2) is 71.2 Å². The van der Waals surface area contributed by atoms with Crippen LogP contribution in [0.3, 0.4) is 0 Å². The van der Waals surface area contributed by atoms with Gasteiger partial charge in [0, 0.05) is 38.1 Å². The Morgan fingerprint density at radius 3 is 2.68 bits per heavy atom. The lowest BCUT2D eigenvalue weighted by molar-refractivity contribution is -0.134. The van der Waals surface area contributed by atoms with Gasteiger partial charge in [-0.1, -0.05) is 37.5 Å². The minimum absolute atomic E-state index is 0.0521. The maximum Gasteiger partial charge on any atom is 0.237 e. The molecule has 1 unspecified atom stereocenters. The van der Waals surface area contributed by atoms with Gasteiger partial charge >= 0.3 is 0 Å². The monoisotopic (exact) mass is 465 g/mol. The van der Waals surface area contributed by atoms with E-state index in [0.717, 1.165) is 24.0 Å². The van der Waals surface area contributed by atoms with E-state index >= 15 is 0 Å². The Labute approximate surface area is 202 Å². The average Bonchev–Trinajstić information content (AvgIpc) is 3.03. The molecule has 2 fully saturated rings. The fourth-order valence-electron chi connectivity index (χ4n) is 4.83. The highest BCUT2D eigenvalue weighted by atomic mass is 16.5. The lowest BCUT2D eigenvalue weighted by atomic mass is 9.94. The zero-order chi connectivity index (χ0) is 23.8. The molecule has 1 atom stereocenters. The number of carbonyl (C=O) groups excluding carboxylic acids is 1. The zero-order valence-electron chi connectivity index (χ0n) is 19.9. The van der Waals surface area contributed by atoms with Crippen LogP contribution in [0, 0.1) is 0 Å². The van der Waals surface area contributed by atoms with E-state index in [1.807, 2.05) is 24.3 Å². The first-order chi connectivity index (χ1) is 16.6. The Morgan fingerprint density at radius 1 is 1.12 bits per heavy atom. The van der Waals surface area contributed by atoms with E-state index in [1.54, 1.807) is 24.5 Å². The van der Waals surface area contributed by atoms with E-state index in [-0.39, 0.29) is 17.8 Å². The summed E-state index contributed by atoms with van der Waals surface area (Å²) in [7, 11) is 1.54. The Kier molecular flexibility index (Phi) is 8.55. The molecule has 0 radical (unpaired) electrons. The van der Waals surface area contributed by atoms with Crippen LogP contribution in [0.1, 0.15) is 43.2 Å². The van der Waals surface area contributed by atoms with Crippen molar-refractivity contribution in [1.82, 2.24) is 14.8 Å². The van der Waals surface area contributed by atoms with Crippen molar-refractivity contribution >= 4 is 12.0 Å². The van der Waals surface area contributed by atoms with Crippen molar-refractivity contribution in [3.05, 3.63) is 59.9 Å². The Morgan fingerprint density at radius 2 is 1.91 bits per heavy atom. The van der Waals surface area contributed by atoms with Gasteiger partial charge in [-0.05, 0) is 48.2 Å². The number of hydrogen-bond acceptors (Lipinski definition) is 6. The van der Waals surface area contributed by atoms with Gasteiger partial charge in [0.05, 0.1) is 26.4 Å². The second-order valence-electron chi connectivity index (χ2n) is 9.15. The molecule has 1 aromatic carbocycles. The molecular formula is C27H35N3O4. The molecule has 34 heavy (non-hydrogen) atoms. The van der Waals surface area contributed by atoms with Crippen LogP contribution >= 0.6 is 0 Å². The molecule has 1 aromatic heterocycles. The van der Waals surface area contributed by atoms with Crippen molar-refractivity contribution in [3.8, 4) is 11.5 Å². The molecule has 7 nitrogen and oxygen atoms in total. The van der Waals surface area contributed by atoms with Crippen molar-refractivity contribution in [2.75, 3.05) is 33.3 Å². The molecule has 7 heteroatoms. The molecule has 1 N–H and O–H groups in total. The summed E-state index contributed by atoms with van der Waals surface area (Å²) in [6.45, 7) is 2.89. The summed E-state index contributed by atoms with van der Waals surface area (Å²) in [5, 5.41) is 9.80. The minimum atomic E-state index is -0.0521. The lowest BCUT2D eigenvalue weighted by Gasteiger charge is -2.35. The van der Waals surface area contributed by atoms with Gasteiger partial charge in [-0.2, -0.15) is 0 Å². The van der Waals surface area contributed by atoms with Gasteiger partial charge in [0.25, 0.3) is 0 Å². The summed E-state index contributed by atoms with van der Waals surface area (Å²) >= 11 is 0. The SMILES string of the molecule is COc1cc(C=CCN2CC(=O)N(C3CCCCC3)CC(OCc3ccncc3)C2)ccc1O. The summed E-state index contributed by atoms with van der Waals surface area (Å²) in [5.74, 6) is 0.760. The average molecular weight is 466 g/mol. The second-order valence-corrected chi connectivity index (χ2v) is 9.15. The Hall–Kier alpha value is -2.90. The zero-order valence-corrected chi connectivity index (χ0v) is 19.9. The number of aromatic nitrogens is 1. The van der Waals surface area contributed by atoms with Crippen LogP contribution in [-0.2, 0) is 16.1 Å².